The maximum atomic E-state index is 13.0. The SMILES string of the molecule is CC(C)NC(=O)Nc1ccccc1C(=O)N1CCC(NC(=O)c2ccsc2)CC1. The van der Waals surface area contributed by atoms with Crippen LogP contribution in [0.2, 0.25) is 0 Å². The molecule has 7 nitrogen and oxygen atoms in total. The highest BCUT2D eigenvalue weighted by Gasteiger charge is 2.26. The first-order valence-electron chi connectivity index (χ1n) is 9.73. The predicted octanol–water partition coefficient (Wildman–Crippen LogP) is 3.31. The van der Waals surface area contributed by atoms with Gasteiger partial charge in [-0.15, -0.1) is 0 Å². The second kappa shape index (κ2) is 9.56. The van der Waals surface area contributed by atoms with E-state index in [1.165, 1.54) is 11.3 Å². The number of thiophene rings is 1. The number of amides is 4. The molecule has 2 heterocycles. The number of anilines is 1. The van der Waals surface area contributed by atoms with Crippen molar-refractivity contribution in [3.8, 4) is 0 Å². The number of hydrogen-bond acceptors (Lipinski definition) is 4. The van der Waals surface area contributed by atoms with Crippen molar-refractivity contribution in [2.75, 3.05) is 18.4 Å². The summed E-state index contributed by atoms with van der Waals surface area (Å²) < 4.78 is 0. The third-order valence-corrected chi connectivity index (χ3v) is 5.41. The Labute approximate surface area is 174 Å². The number of rotatable bonds is 5. The fourth-order valence-corrected chi connectivity index (χ4v) is 3.89. The maximum absolute atomic E-state index is 13.0. The molecule has 2 aromatic rings. The van der Waals surface area contributed by atoms with Crippen molar-refractivity contribution in [2.24, 2.45) is 0 Å². The van der Waals surface area contributed by atoms with Crippen molar-refractivity contribution >= 4 is 34.9 Å². The fourth-order valence-electron chi connectivity index (χ4n) is 3.26. The molecular formula is C21H26N4O3S. The zero-order valence-electron chi connectivity index (χ0n) is 16.6. The number of carbonyl (C=O) groups excluding carboxylic acids is 3. The third kappa shape index (κ3) is 5.57. The van der Waals surface area contributed by atoms with Crippen molar-refractivity contribution in [2.45, 2.75) is 38.8 Å². The molecule has 0 aliphatic carbocycles. The van der Waals surface area contributed by atoms with Crippen LogP contribution in [-0.4, -0.2) is 47.9 Å². The molecule has 3 N–H and O–H groups in total. The van der Waals surface area contributed by atoms with E-state index in [1.807, 2.05) is 24.6 Å². The van der Waals surface area contributed by atoms with E-state index >= 15 is 0 Å². The molecule has 0 saturated carbocycles. The molecule has 0 radical (unpaired) electrons. The molecule has 1 fully saturated rings. The molecule has 8 heteroatoms. The lowest BCUT2D eigenvalue weighted by atomic mass is 10.0. The van der Waals surface area contributed by atoms with Gasteiger partial charge in [0.2, 0.25) is 0 Å². The zero-order chi connectivity index (χ0) is 20.8. The van der Waals surface area contributed by atoms with Gasteiger partial charge in [0.15, 0.2) is 0 Å². The Morgan fingerprint density at radius 2 is 1.83 bits per heavy atom. The van der Waals surface area contributed by atoms with Crippen LogP contribution in [0.5, 0.6) is 0 Å². The second-order valence-corrected chi connectivity index (χ2v) is 8.13. The molecular weight excluding hydrogens is 388 g/mol. The molecule has 0 unspecified atom stereocenters. The lowest BCUT2D eigenvalue weighted by molar-refractivity contribution is 0.0699. The van der Waals surface area contributed by atoms with Crippen molar-refractivity contribution in [3.63, 3.8) is 0 Å². The standard InChI is InChI=1S/C21H26N4O3S/c1-14(2)22-21(28)24-18-6-4-3-5-17(18)20(27)25-10-7-16(8-11-25)23-19(26)15-9-12-29-13-15/h3-6,9,12-14,16H,7-8,10-11H2,1-2H3,(H,23,26)(H2,22,24,28). The smallest absolute Gasteiger partial charge is 0.319 e. The molecule has 4 amide bonds. The Bertz CT molecular complexity index is 859. The Hall–Kier alpha value is -2.87. The lowest BCUT2D eigenvalue weighted by Gasteiger charge is -2.32. The van der Waals surface area contributed by atoms with Gasteiger partial charge < -0.3 is 20.9 Å². The van der Waals surface area contributed by atoms with Crippen molar-refractivity contribution in [3.05, 3.63) is 52.2 Å². The van der Waals surface area contributed by atoms with Crippen LogP contribution in [-0.2, 0) is 0 Å². The average molecular weight is 415 g/mol. The summed E-state index contributed by atoms with van der Waals surface area (Å²) in [6.45, 7) is 4.86. The predicted molar refractivity (Wildman–Crippen MR) is 114 cm³/mol. The quantitative estimate of drug-likeness (QED) is 0.701. The summed E-state index contributed by atoms with van der Waals surface area (Å²) in [7, 11) is 0. The first kappa shape index (κ1) is 20.9. The fraction of sp³-hybridized carbons (Fsp3) is 0.381. The van der Waals surface area contributed by atoms with Crippen LogP contribution < -0.4 is 16.0 Å². The molecule has 0 spiro atoms. The maximum Gasteiger partial charge on any atom is 0.319 e. The Balaban J connectivity index is 1.58. The normalized spacial score (nSPS) is 14.5. The minimum Gasteiger partial charge on any atom is -0.349 e. The number of carbonyl (C=O) groups is 3. The Morgan fingerprint density at radius 1 is 1.10 bits per heavy atom. The number of hydrogen-bond donors (Lipinski definition) is 3. The van der Waals surface area contributed by atoms with Gasteiger partial charge in [-0.2, -0.15) is 11.3 Å². The van der Waals surface area contributed by atoms with Crippen molar-refractivity contribution in [1.82, 2.24) is 15.5 Å². The molecule has 3 rings (SSSR count). The molecule has 154 valence electrons. The van der Waals surface area contributed by atoms with Crippen LogP contribution in [0.15, 0.2) is 41.1 Å². The summed E-state index contributed by atoms with van der Waals surface area (Å²) >= 11 is 1.49. The van der Waals surface area contributed by atoms with E-state index in [0.717, 1.165) is 0 Å². The first-order valence-corrected chi connectivity index (χ1v) is 10.7. The monoisotopic (exact) mass is 414 g/mol. The van der Waals surface area contributed by atoms with E-state index in [0.29, 0.717) is 42.7 Å². The van der Waals surface area contributed by atoms with Crippen LogP contribution in [0, 0.1) is 0 Å². The third-order valence-electron chi connectivity index (χ3n) is 4.73. The van der Waals surface area contributed by atoms with Gasteiger partial charge >= 0.3 is 6.03 Å². The second-order valence-electron chi connectivity index (χ2n) is 7.35. The van der Waals surface area contributed by atoms with Crippen LogP contribution in [0.4, 0.5) is 10.5 Å². The first-order chi connectivity index (χ1) is 13.9. The molecule has 1 aliphatic rings. The number of benzene rings is 1. The van der Waals surface area contributed by atoms with Gasteiger partial charge in [-0.1, -0.05) is 12.1 Å². The molecule has 1 aliphatic heterocycles. The molecule has 1 saturated heterocycles. The number of nitrogens with one attached hydrogen (secondary N) is 3. The molecule has 0 atom stereocenters. The van der Waals surface area contributed by atoms with E-state index < -0.39 is 0 Å². The number of para-hydroxylation sites is 1. The summed E-state index contributed by atoms with van der Waals surface area (Å²) in [5, 5.41) is 12.3. The van der Waals surface area contributed by atoms with Crippen LogP contribution >= 0.6 is 11.3 Å². The van der Waals surface area contributed by atoms with E-state index in [1.54, 1.807) is 35.2 Å². The highest BCUT2D eigenvalue weighted by molar-refractivity contribution is 7.08. The van der Waals surface area contributed by atoms with E-state index in [4.69, 9.17) is 0 Å². The summed E-state index contributed by atoms with van der Waals surface area (Å²) in [6.07, 6.45) is 1.40. The zero-order valence-corrected chi connectivity index (χ0v) is 17.4. The van der Waals surface area contributed by atoms with Gasteiger partial charge in [0.25, 0.3) is 11.8 Å². The van der Waals surface area contributed by atoms with E-state index in [9.17, 15) is 14.4 Å². The van der Waals surface area contributed by atoms with Crippen LogP contribution in [0.1, 0.15) is 47.4 Å². The minimum absolute atomic E-state index is 0.00109. The van der Waals surface area contributed by atoms with Gasteiger partial charge in [-0.3, -0.25) is 9.59 Å². The van der Waals surface area contributed by atoms with Crippen molar-refractivity contribution in [1.29, 1.82) is 0 Å². The Kier molecular flexibility index (Phi) is 6.87. The highest BCUT2D eigenvalue weighted by Crippen LogP contribution is 2.20. The summed E-state index contributed by atoms with van der Waals surface area (Å²) in [5.74, 6) is -0.185. The number of likely N-dealkylation sites (tertiary alicyclic amines) is 1. The van der Waals surface area contributed by atoms with E-state index in [2.05, 4.69) is 16.0 Å². The minimum atomic E-state index is -0.338. The Morgan fingerprint density at radius 3 is 2.48 bits per heavy atom. The largest absolute Gasteiger partial charge is 0.349 e. The number of piperidine rings is 1. The number of nitrogens with zero attached hydrogens (tertiary/aromatic N) is 1. The lowest BCUT2D eigenvalue weighted by Crippen LogP contribution is -2.46. The molecule has 29 heavy (non-hydrogen) atoms. The van der Waals surface area contributed by atoms with Gasteiger partial charge in [-0.25, -0.2) is 4.79 Å². The average Bonchev–Trinajstić information content (AvgIpc) is 3.23. The van der Waals surface area contributed by atoms with Gasteiger partial charge in [0, 0.05) is 36.1 Å². The summed E-state index contributed by atoms with van der Waals surface area (Å²) in [5.41, 5.74) is 1.63. The van der Waals surface area contributed by atoms with Crippen LogP contribution in [0.25, 0.3) is 0 Å². The summed E-state index contributed by atoms with van der Waals surface area (Å²) in [6, 6.07) is 8.53. The number of urea groups is 1. The van der Waals surface area contributed by atoms with Crippen LogP contribution in [0.3, 0.4) is 0 Å². The molecule has 1 aromatic heterocycles. The van der Waals surface area contributed by atoms with Crippen molar-refractivity contribution < 1.29 is 14.4 Å². The topological polar surface area (TPSA) is 90.5 Å². The summed E-state index contributed by atoms with van der Waals surface area (Å²) in [4.78, 5) is 39.0. The molecule has 1 aromatic carbocycles. The van der Waals surface area contributed by atoms with Gasteiger partial charge in [-0.05, 0) is 50.3 Å². The van der Waals surface area contributed by atoms with Gasteiger partial charge in [0.05, 0.1) is 11.3 Å². The van der Waals surface area contributed by atoms with E-state index in [-0.39, 0.29) is 29.9 Å². The molecule has 0 bridgehead atoms. The van der Waals surface area contributed by atoms with Gasteiger partial charge in [0.1, 0.15) is 0 Å². The highest BCUT2D eigenvalue weighted by atomic mass is 32.1.